The first-order valence-corrected chi connectivity index (χ1v) is 5.43. The first-order valence-electron chi connectivity index (χ1n) is 4.91. The third-order valence-electron chi connectivity index (χ3n) is 2.47. The fourth-order valence-corrected chi connectivity index (χ4v) is 1.96. The van der Waals surface area contributed by atoms with Gasteiger partial charge in [0.2, 0.25) is 0 Å². The van der Waals surface area contributed by atoms with Crippen LogP contribution in [0.4, 0.5) is 0 Å². The van der Waals surface area contributed by atoms with Crippen molar-refractivity contribution in [2.24, 2.45) is 5.92 Å². The fraction of sp³-hybridized carbons (Fsp3) is 0.154. The van der Waals surface area contributed by atoms with Gasteiger partial charge in [-0.3, -0.25) is 4.79 Å². The molecule has 1 aliphatic carbocycles. The maximum Gasteiger partial charge on any atom is 0.176 e. The zero-order chi connectivity index (χ0) is 10.7. The van der Waals surface area contributed by atoms with Gasteiger partial charge in [0, 0.05) is 11.5 Å². The Kier molecular flexibility index (Phi) is 3.07. The summed E-state index contributed by atoms with van der Waals surface area (Å²) < 4.78 is 0. The minimum atomic E-state index is -0.276. The fourth-order valence-electron chi connectivity index (χ4n) is 1.61. The summed E-state index contributed by atoms with van der Waals surface area (Å²) in [5.74, 6) is 0.209. The van der Waals surface area contributed by atoms with E-state index >= 15 is 0 Å². The molecule has 0 aliphatic heterocycles. The van der Waals surface area contributed by atoms with E-state index in [9.17, 15) is 4.79 Å². The molecule has 1 nitrogen and oxygen atoms in total. The molecule has 0 saturated carbocycles. The summed E-state index contributed by atoms with van der Waals surface area (Å²) in [6, 6.07) is 9.30. The molecule has 1 atom stereocenters. The van der Waals surface area contributed by atoms with E-state index in [1.807, 2.05) is 54.6 Å². The van der Waals surface area contributed by atoms with Crippen LogP contribution >= 0.6 is 12.6 Å². The number of rotatable bonds is 3. The maximum atomic E-state index is 12.0. The Morgan fingerprint density at radius 3 is 2.33 bits per heavy atom. The summed E-state index contributed by atoms with van der Waals surface area (Å²) in [6.45, 7) is 0. The third-order valence-corrected chi connectivity index (χ3v) is 3.05. The van der Waals surface area contributed by atoms with Gasteiger partial charge in [0.15, 0.2) is 5.78 Å². The van der Waals surface area contributed by atoms with Crippen LogP contribution in [-0.2, 0) is 0 Å². The lowest BCUT2D eigenvalue weighted by Crippen LogP contribution is -2.21. The number of hydrogen-bond acceptors (Lipinski definition) is 2. The third kappa shape index (κ3) is 2.21. The van der Waals surface area contributed by atoms with Crippen molar-refractivity contribution in [3.05, 3.63) is 60.2 Å². The number of carbonyl (C=O) groups excluding carboxylic acids is 1. The highest BCUT2D eigenvalue weighted by Gasteiger charge is 2.22. The SMILES string of the molecule is O=C(c1ccccc1)C(S)C1C=CC=C1. The van der Waals surface area contributed by atoms with Gasteiger partial charge in [0.1, 0.15) is 0 Å². The molecule has 0 N–H and O–H groups in total. The Hall–Kier alpha value is -1.28. The second kappa shape index (κ2) is 4.49. The quantitative estimate of drug-likeness (QED) is 0.607. The number of allylic oxidation sites excluding steroid dienone is 4. The zero-order valence-electron chi connectivity index (χ0n) is 8.21. The first kappa shape index (κ1) is 10.2. The molecular formula is C13H12OS. The van der Waals surface area contributed by atoms with Crippen molar-refractivity contribution < 1.29 is 4.79 Å². The van der Waals surface area contributed by atoms with Crippen molar-refractivity contribution in [1.82, 2.24) is 0 Å². The van der Waals surface area contributed by atoms with E-state index in [2.05, 4.69) is 12.6 Å². The van der Waals surface area contributed by atoms with Crippen LogP contribution in [0.2, 0.25) is 0 Å². The highest BCUT2D eigenvalue weighted by atomic mass is 32.1. The normalized spacial score (nSPS) is 16.9. The van der Waals surface area contributed by atoms with Crippen LogP contribution in [0.5, 0.6) is 0 Å². The minimum Gasteiger partial charge on any atom is -0.293 e. The number of hydrogen-bond donors (Lipinski definition) is 1. The van der Waals surface area contributed by atoms with E-state index in [0.717, 1.165) is 5.56 Å². The zero-order valence-corrected chi connectivity index (χ0v) is 9.10. The lowest BCUT2D eigenvalue weighted by atomic mass is 9.99. The van der Waals surface area contributed by atoms with Gasteiger partial charge in [-0.25, -0.2) is 0 Å². The van der Waals surface area contributed by atoms with E-state index in [4.69, 9.17) is 0 Å². The highest BCUT2D eigenvalue weighted by Crippen LogP contribution is 2.21. The molecule has 2 rings (SSSR count). The molecule has 1 unspecified atom stereocenters. The van der Waals surface area contributed by atoms with Crippen molar-refractivity contribution >= 4 is 18.4 Å². The van der Waals surface area contributed by atoms with Gasteiger partial charge < -0.3 is 0 Å². The molecule has 0 aromatic heterocycles. The Labute approximate surface area is 94.9 Å². The van der Waals surface area contributed by atoms with Crippen LogP contribution in [0.1, 0.15) is 10.4 Å². The average Bonchev–Trinajstić information content (AvgIpc) is 2.82. The molecule has 1 aromatic rings. The standard InChI is InChI=1S/C13H12OS/c14-12(10-6-2-1-3-7-10)13(15)11-8-4-5-9-11/h1-9,11,13,15H. The van der Waals surface area contributed by atoms with E-state index in [0.29, 0.717) is 0 Å². The van der Waals surface area contributed by atoms with Crippen LogP contribution in [0.25, 0.3) is 0 Å². The molecule has 0 spiro atoms. The molecule has 0 heterocycles. The molecule has 15 heavy (non-hydrogen) atoms. The number of carbonyl (C=O) groups is 1. The van der Waals surface area contributed by atoms with Gasteiger partial charge in [0.05, 0.1) is 5.25 Å². The van der Waals surface area contributed by atoms with Crippen molar-refractivity contribution in [3.8, 4) is 0 Å². The van der Waals surface area contributed by atoms with Gasteiger partial charge in [-0.2, -0.15) is 12.6 Å². The smallest absolute Gasteiger partial charge is 0.176 e. The molecule has 0 radical (unpaired) electrons. The number of thiol groups is 1. The van der Waals surface area contributed by atoms with Gasteiger partial charge >= 0.3 is 0 Å². The molecule has 0 amide bonds. The van der Waals surface area contributed by atoms with Crippen LogP contribution in [0, 0.1) is 5.92 Å². The monoisotopic (exact) mass is 216 g/mol. The Morgan fingerprint density at radius 2 is 1.73 bits per heavy atom. The molecule has 1 aromatic carbocycles. The van der Waals surface area contributed by atoms with Crippen molar-refractivity contribution in [3.63, 3.8) is 0 Å². The highest BCUT2D eigenvalue weighted by molar-refractivity contribution is 7.81. The summed E-state index contributed by atoms with van der Waals surface area (Å²) in [7, 11) is 0. The van der Waals surface area contributed by atoms with Crippen molar-refractivity contribution in [2.45, 2.75) is 5.25 Å². The van der Waals surface area contributed by atoms with Gasteiger partial charge in [-0.1, -0.05) is 54.6 Å². The predicted molar refractivity (Wildman–Crippen MR) is 65.3 cm³/mol. The van der Waals surface area contributed by atoms with E-state index < -0.39 is 0 Å². The minimum absolute atomic E-state index is 0.0835. The predicted octanol–water partition coefficient (Wildman–Crippen LogP) is 2.91. The lowest BCUT2D eigenvalue weighted by molar-refractivity contribution is 0.0983. The van der Waals surface area contributed by atoms with E-state index in [1.54, 1.807) is 0 Å². The van der Waals surface area contributed by atoms with Crippen molar-refractivity contribution in [2.75, 3.05) is 0 Å². The first-order chi connectivity index (χ1) is 7.29. The average molecular weight is 216 g/mol. The molecule has 0 saturated heterocycles. The summed E-state index contributed by atoms with van der Waals surface area (Å²) in [6.07, 6.45) is 7.90. The van der Waals surface area contributed by atoms with Crippen LogP contribution in [0.3, 0.4) is 0 Å². The number of Topliss-reactive ketones (excluding diaryl/α,β-unsaturated/α-hetero) is 1. The Balaban J connectivity index is 2.15. The van der Waals surface area contributed by atoms with E-state index in [-0.39, 0.29) is 17.0 Å². The van der Waals surface area contributed by atoms with Crippen LogP contribution in [-0.4, -0.2) is 11.0 Å². The molecule has 1 aliphatic rings. The van der Waals surface area contributed by atoms with Crippen LogP contribution < -0.4 is 0 Å². The van der Waals surface area contributed by atoms with Gasteiger partial charge in [-0.05, 0) is 0 Å². The molecule has 0 fully saturated rings. The van der Waals surface area contributed by atoms with Crippen molar-refractivity contribution in [1.29, 1.82) is 0 Å². The van der Waals surface area contributed by atoms with Gasteiger partial charge in [0.25, 0.3) is 0 Å². The maximum absolute atomic E-state index is 12.0. The number of benzene rings is 1. The summed E-state index contributed by atoms with van der Waals surface area (Å²) in [4.78, 5) is 12.0. The topological polar surface area (TPSA) is 17.1 Å². The Morgan fingerprint density at radius 1 is 1.13 bits per heavy atom. The summed E-state index contributed by atoms with van der Waals surface area (Å²) in [5, 5.41) is -0.276. The second-order valence-corrected chi connectivity index (χ2v) is 4.08. The Bertz CT molecular complexity index is 394. The number of ketones is 1. The molecule has 2 heteroatoms. The van der Waals surface area contributed by atoms with Gasteiger partial charge in [-0.15, -0.1) is 0 Å². The molecule has 76 valence electrons. The molecular weight excluding hydrogens is 204 g/mol. The summed E-state index contributed by atoms with van der Waals surface area (Å²) >= 11 is 4.38. The van der Waals surface area contributed by atoms with E-state index in [1.165, 1.54) is 0 Å². The largest absolute Gasteiger partial charge is 0.293 e. The molecule has 0 bridgehead atoms. The van der Waals surface area contributed by atoms with Crippen LogP contribution in [0.15, 0.2) is 54.6 Å². The summed E-state index contributed by atoms with van der Waals surface area (Å²) in [5.41, 5.74) is 0.728. The lowest BCUT2D eigenvalue weighted by Gasteiger charge is -2.13. The second-order valence-electron chi connectivity index (χ2n) is 3.52.